The summed E-state index contributed by atoms with van der Waals surface area (Å²) >= 11 is 0. The zero-order chi connectivity index (χ0) is 40.4. The van der Waals surface area contributed by atoms with E-state index in [4.69, 9.17) is 35.1 Å². The smallest absolute Gasteiger partial charge is 0.407 e. The number of methoxy groups -OCH3 is 2. The lowest BCUT2D eigenvalue weighted by molar-refractivity contribution is -0.135. The zero-order valence-electron chi connectivity index (χ0n) is 33.4. The van der Waals surface area contributed by atoms with E-state index in [-0.39, 0.29) is 35.7 Å². The van der Waals surface area contributed by atoms with Gasteiger partial charge in [0.25, 0.3) is 0 Å². The molecule has 1 aliphatic rings. The summed E-state index contributed by atoms with van der Waals surface area (Å²) in [6.07, 6.45) is 4.63. The molecule has 1 fully saturated rings. The number of pyridine rings is 2. The molecule has 3 amide bonds. The number of ether oxygens (including phenoxy) is 2. The maximum atomic E-state index is 13.7. The molecular formula is C42H52N10O5. The van der Waals surface area contributed by atoms with Crippen LogP contribution in [0.4, 0.5) is 9.59 Å². The number of hydrogen-bond donors (Lipinski definition) is 5. The molecule has 300 valence electrons. The van der Waals surface area contributed by atoms with Gasteiger partial charge in [0.2, 0.25) is 5.91 Å². The predicted molar refractivity (Wildman–Crippen MR) is 219 cm³/mol. The molecule has 0 aliphatic carbocycles. The van der Waals surface area contributed by atoms with E-state index in [0.29, 0.717) is 30.9 Å². The van der Waals surface area contributed by atoms with E-state index >= 15 is 0 Å². The van der Waals surface area contributed by atoms with Gasteiger partial charge in [0.15, 0.2) is 0 Å². The molecule has 1 unspecified atom stereocenters. The van der Waals surface area contributed by atoms with Crippen molar-refractivity contribution < 1.29 is 23.9 Å². The van der Waals surface area contributed by atoms with E-state index in [2.05, 4.69) is 40.5 Å². The molecule has 0 spiro atoms. The van der Waals surface area contributed by atoms with Gasteiger partial charge in [0.05, 0.1) is 59.7 Å². The molecule has 7 rings (SSSR count). The van der Waals surface area contributed by atoms with Gasteiger partial charge in [0, 0.05) is 34.8 Å². The third kappa shape index (κ3) is 8.06. The highest BCUT2D eigenvalue weighted by Crippen LogP contribution is 2.36. The summed E-state index contributed by atoms with van der Waals surface area (Å²) in [5, 5.41) is 7.58. The Hall–Kier alpha value is -5.83. The van der Waals surface area contributed by atoms with Crippen LogP contribution in [-0.4, -0.2) is 92.3 Å². The van der Waals surface area contributed by atoms with Gasteiger partial charge in [-0.3, -0.25) is 9.78 Å². The molecule has 15 heteroatoms. The first-order valence-corrected chi connectivity index (χ1v) is 19.8. The molecule has 6 aromatic rings. The van der Waals surface area contributed by atoms with Crippen LogP contribution in [0.25, 0.3) is 55.1 Å². The molecule has 5 heterocycles. The normalized spacial score (nSPS) is 16.2. The third-order valence-electron chi connectivity index (χ3n) is 11.2. The van der Waals surface area contributed by atoms with Crippen LogP contribution in [-0.2, 0) is 14.3 Å². The number of aromatic nitrogens is 6. The molecule has 0 bridgehead atoms. The zero-order valence-corrected chi connectivity index (χ0v) is 33.4. The van der Waals surface area contributed by atoms with Crippen molar-refractivity contribution in [2.24, 2.45) is 17.6 Å². The molecule has 0 saturated carbocycles. The summed E-state index contributed by atoms with van der Waals surface area (Å²) in [7, 11) is 2.67. The lowest BCUT2D eigenvalue weighted by Gasteiger charge is -2.29. The fraction of sp³-hybridized carbons (Fsp3) is 0.452. The van der Waals surface area contributed by atoms with Crippen LogP contribution in [0.2, 0.25) is 0 Å². The summed E-state index contributed by atoms with van der Waals surface area (Å²) < 4.78 is 9.68. The number of hydrogen-bond acceptors (Lipinski definition) is 10. The second kappa shape index (κ2) is 16.7. The summed E-state index contributed by atoms with van der Waals surface area (Å²) in [6, 6.07) is 13.1. The number of likely N-dealkylation sites (tertiary alicyclic amines) is 1. The van der Waals surface area contributed by atoms with Crippen molar-refractivity contribution in [3.8, 4) is 11.3 Å². The number of rotatable bonds is 13. The maximum absolute atomic E-state index is 13.7. The average molecular weight is 777 g/mol. The van der Waals surface area contributed by atoms with Crippen molar-refractivity contribution in [2.75, 3.05) is 27.3 Å². The highest BCUT2D eigenvalue weighted by molar-refractivity contribution is 6.05. The van der Waals surface area contributed by atoms with Crippen LogP contribution < -0.4 is 16.4 Å². The number of nitrogens with two attached hydrogens (primary N) is 1. The number of amides is 3. The number of aromatic amines is 2. The predicted octanol–water partition coefficient (Wildman–Crippen LogP) is 6.84. The third-order valence-corrected chi connectivity index (χ3v) is 11.2. The van der Waals surface area contributed by atoms with E-state index in [1.165, 1.54) is 14.2 Å². The van der Waals surface area contributed by atoms with Gasteiger partial charge < -0.3 is 40.7 Å². The van der Waals surface area contributed by atoms with Gasteiger partial charge in [-0.05, 0) is 86.9 Å². The molecule has 57 heavy (non-hydrogen) atoms. The van der Waals surface area contributed by atoms with Crippen LogP contribution in [0, 0.1) is 11.8 Å². The molecule has 0 radical (unpaired) electrons. The lowest BCUT2D eigenvalue weighted by Crippen LogP contribution is -2.51. The van der Waals surface area contributed by atoms with E-state index in [0.717, 1.165) is 81.1 Å². The fourth-order valence-electron chi connectivity index (χ4n) is 8.00. The highest BCUT2D eigenvalue weighted by Gasteiger charge is 2.37. The number of benzene rings is 2. The fourth-order valence-corrected chi connectivity index (χ4v) is 8.00. The van der Waals surface area contributed by atoms with Crippen molar-refractivity contribution >= 4 is 62.0 Å². The lowest BCUT2D eigenvalue weighted by atomic mass is 9.89. The second-order valence-electron chi connectivity index (χ2n) is 15.6. The minimum absolute atomic E-state index is 0.0578. The van der Waals surface area contributed by atoms with Crippen molar-refractivity contribution in [2.45, 2.75) is 83.8 Å². The van der Waals surface area contributed by atoms with Crippen LogP contribution in [0.5, 0.6) is 0 Å². The molecular weight excluding hydrogens is 725 g/mol. The van der Waals surface area contributed by atoms with Crippen molar-refractivity contribution in [3.63, 3.8) is 0 Å². The number of imidazole rings is 2. The Balaban J connectivity index is 1.15. The molecule has 15 nitrogen and oxygen atoms in total. The minimum Gasteiger partial charge on any atom is -0.453 e. The Kier molecular flexibility index (Phi) is 11.6. The first-order valence-electron chi connectivity index (χ1n) is 19.8. The molecule has 1 aliphatic heterocycles. The first kappa shape index (κ1) is 39.4. The Morgan fingerprint density at radius 2 is 1.58 bits per heavy atom. The van der Waals surface area contributed by atoms with Gasteiger partial charge in [-0.1, -0.05) is 33.8 Å². The maximum Gasteiger partial charge on any atom is 0.407 e. The molecule has 2 aromatic carbocycles. The first-order chi connectivity index (χ1) is 27.5. The number of nitrogens with one attached hydrogen (secondary N) is 4. The number of fused-ring (bicyclic) bond motifs is 6. The van der Waals surface area contributed by atoms with Crippen LogP contribution in [0.15, 0.2) is 48.7 Å². The number of carbonyl (C=O) groups excluding carboxylic acids is 3. The number of nitrogens with zero attached hydrogens (tertiary/aromatic N) is 5. The van der Waals surface area contributed by atoms with Gasteiger partial charge in [-0.15, -0.1) is 0 Å². The molecule has 4 atom stereocenters. The monoisotopic (exact) mass is 776 g/mol. The second-order valence-corrected chi connectivity index (χ2v) is 15.6. The topological polar surface area (TPSA) is 206 Å². The van der Waals surface area contributed by atoms with E-state index < -0.39 is 18.2 Å². The minimum atomic E-state index is -0.709. The van der Waals surface area contributed by atoms with E-state index in [1.54, 1.807) is 6.20 Å². The van der Waals surface area contributed by atoms with Crippen molar-refractivity contribution in [3.05, 3.63) is 60.3 Å². The Morgan fingerprint density at radius 1 is 0.860 bits per heavy atom. The Bertz CT molecular complexity index is 2420. The summed E-state index contributed by atoms with van der Waals surface area (Å²) in [6.45, 7) is 9.12. The van der Waals surface area contributed by atoms with Crippen LogP contribution in [0.1, 0.15) is 83.4 Å². The van der Waals surface area contributed by atoms with E-state index in [9.17, 15) is 14.4 Å². The van der Waals surface area contributed by atoms with Gasteiger partial charge in [-0.25, -0.2) is 24.5 Å². The van der Waals surface area contributed by atoms with Crippen molar-refractivity contribution in [1.29, 1.82) is 0 Å². The molecule has 1 saturated heterocycles. The van der Waals surface area contributed by atoms with E-state index in [1.807, 2.05) is 55.1 Å². The number of carbonyl (C=O) groups is 3. The van der Waals surface area contributed by atoms with Gasteiger partial charge in [-0.2, -0.15) is 0 Å². The van der Waals surface area contributed by atoms with Crippen molar-refractivity contribution in [1.82, 2.24) is 45.4 Å². The summed E-state index contributed by atoms with van der Waals surface area (Å²) in [4.78, 5) is 66.5. The van der Waals surface area contributed by atoms with Gasteiger partial charge in [0.1, 0.15) is 23.2 Å². The largest absolute Gasteiger partial charge is 0.453 e. The Morgan fingerprint density at radius 3 is 2.32 bits per heavy atom. The van der Waals surface area contributed by atoms with Crippen LogP contribution in [0.3, 0.4) is 0 Å². The summed E-state index contributed by atoms with van der Waals surface area (Å²) in [5.41, 5.74) is 12.6. The molecule has 6 N–H and O–H groups in total. The average Bonchev–Trinajstić information content (AvgIpc) is 3.99. The Labute approximate surface area is 330 Å². The van der Waals surface area contributed by atoms with Gasteiger partial charge >= 0.3 is 12.2 Å². The highest BCUT2D eigenvalue weighted by atomic mass is 16.5. The standard InChI is InChI=1S/C42H52N10O5/c1-22(2)31(48-41(54)56-5)20-25(9-7-17-43)38-46-30-16-15-29-26(36(30)49-38)13-14-28(45-29)24-11-12-27-32(19-24)44-21-33-37(27)50-39(47-33)34-10-8-18-52(34)40(53)35(23(3)4)51-42(55)57-6/h11-16,19,21-23,25,31,34-35H,7-10,17-18,20,43H2,1-6H3,(H,46,49)(H,47,50)(H,48,54)(H,51,55)/t25?,31-,34+,35+/m1/s1. The summed E-state index contributed by atoms with van der Waals surface area (Å²) in [5.74, 6) is 1.55. The van der Waals surface area contributed by atoms with Crippen LogP contribution >= 0.6 is 0 Å². The number of H-pyrrole nitrogens is 2. The molecule has 4 aromatic heterocycles. The SMILES string of the molecule is COC(=O)N[C@H](C(=O)N1CCC[C@H]1c1nc2cnc3cc(-c4ccc5c(ccc6nc(C(CCCN)C[C@@H](NC(=O)OC)C(C)C)[nH]c65)n4)ccc3c2[nH]1)C(C)C. The quantitative estimate of drug-likeness (QED) is 0.0826. The number of alkyl carbamates (subject to hydrolysis) is 2.